The smallest absolute Gasteiger partial charge is 0.0616 e. The van der Waals surface area contributed by atoms with Crippen molar-refractivity contribution in [3.8, 4) is 22.3 Å². The molecule has 0 saturated carbocycles. The quantitative estimate of drug-likeness (QED) is 0.135. The topological polar surface area (TPSA) is 0 Å². The third-order valence-electron chi connectivity index (χ3n) is 7.69. The predicted molar refractivity (Wildman–Crippen MR) is 200 cm³/mol. The zero-order valence-electron chi connectivity index (χ0n) is 51.0. The second-order valence-corrected chi connectivity index (χ2v) is 10.2. The standard InChI is InChI=1S/C46H28/c1-2-10-32-27-43-37(24-31(32)9-1)19-16-30-12-7-15-41(45(30)43)36-20-17-34-26-38(21-18-33(34)25-36)46-40-14-6-4-11-35(40)28-44-39-13-5-3-8-29(39)22-23-42(44)46/h1-28H/i1D,2D,3D,4D,5D,6D,7D,8D,9D,10D,11D,12D,13D,14D,15D,16D,17D,18D,19D,20D,21D,22D,23D,24D,25D,26D,27D,28D. The van der Waals surface area contributed by atoms with Gasteiger partial charge in [-0.2, -0.15) is 0 Å². The van der Waals surface area contributed by atoms with Crippen LogP contribution in [0.15, 0.2) is 169 Å². The molecule has 0 heterocycles. The van der Waals surface area contributed by atoms with E-state index in [0.29, 0.717) is 0 Å². The fraction of sp³-hybridized carbons (Fsp3) is 0. The van der Waals surface area contributed by atoms with Crippen molar-refractivity contribution in [2.45, 2.75) is 0 Å². The van der Waals surface area contributed by atoms with Crippen LogP contribution in [0, 0.1) is 0 Å². The van der Waals surface area contributed by atoms with Gasteiger partial charge in [0.15, 0.2) is 0 Å². The highest BCUT2D eigenvalue weighted by molar-refractivity contribution is 6.21. The zero-order chi connectivity index (χ0) is 54.6. The van der Waals surface area contributed by atoms with Crippen molar-refractivity contribution >= 4 is 75.4 Å². The molecule has 10 aromatic rings. The SMILES string of the molecule is [2H]c1c(-c2c([2H])c([2H])c([2H])c3c([2H])c([2H])c4c([2H])c5c([2H])c([2H])c([2H])c([2H])c5c([2H])c4c23)c([2H])c2c([2H])c([2H])c(-c3c4c([2H])c([2H])c([2H])c([2H])c4c([2H])c4c3c([2H])c([2H])c3c([2H])c([2H])c([2H])c([2H])c34)c([2H])c2c1[2H]. The summed E-state index contributed by atoms with van der Waals surface area (Å²) < 4.78 is 253. The molecule has 0 aliphatic carbocycles. The van der Waals surface area contributed by atoms with E-state index in [9.17, 15) is 15.1 Å². The number of rotatable bonds is 2. The van der Waals surface area contributed by atoms with E-state index >= 15 is 0 Å². The van der Waals surface area contributed by atoms with E-state index < -0.39 is 267 Å². The van der Waals surface area contributed by atoms with Gasteiger partial charge in [0.1, 0.15) is 0 Å². The van der Waals surface area contributed by atoms with Crippen LogP contribution in [0.3, 0.4) is 0 Å². The van der Waals surface area contributed by atoms with Gasteiger partial charge in [0, 0.05) is 0 Å². The molecule has 10 rings (SSSR count). The molecular formula is C46H28. The van der Waals surface area contributed by atoms with E-state index in [4.69, 9.17) is 23.3 Å². The predicted octanol–water partition coefficient (Wildman–Crippen LogP) is 13.1. The maximum absolute atomic E-state index is 9.76. The van der Waals surface area contributed by atoms with Gasteiger partial charge in [-0.25, -0.2) is 0 Å². The maximum Gasteiger partial charge on any atom is 0.0636 e. The first-order chi connectivity index (χ1) is 34.5. The van der Waals surface area contributed by atoms with Crippen LogP contribution in [0.1, 0.15) is 38.4 Å². The lowest BCUT2D eigenvalue weighted by Gasteiger charge is -2.15. The lowest BCUT2D eigenvalue weighted by molar-refractivity contribution is 1.68. The lowest BCUT2D eigenvalue weighted by Crippen LogP contribution is -1.88. The third-order valence-corrected chi connectivity index (χ3v) is 7.69. The van der Waals surface area contributed by atoms with Gasteiger partial charge in [-0.3, -0.25) is 0 Å². The normalized spacial score (nSPS) is 20.4. The molecule has 0 aliphatic rings. The molecule has 46 heavy (non-hydrogen) atoms. The first-order valence-electron chi connectivity index (χ1n) is 27.8. The van der Waals surface area contributed by atoms with Crippen molar-refractivity contribution < 1.29 is 38.4 Å². The summed E-state index contributed by atoms with van der Waals surface area (Å²) in [6, 6.07) is -24.6. The van der Waals surface area contributed by atoms with Gasteiger partial charge in [0.25, 0.3) is 0 Å². The Morgan fingerprint density at radius 2 is 0.826 bits per heavy atom. The van der Waals surface area contributed by atoms with Crippen LogP contribution >= 0.6 is 0 Å². The fourth-order valence-corrected chi connectivity index (χ4v) is 5.66. The molecule has 0 amide bonds. The zero-order valence-corrected chi connectivity index (χ0v) is 23.0. The molecule has 0 atom stereocenters. The summed E-state index contributed by atoms with van der Waals surface area (Å²) in [4.78, 5) is 0. The van der Waals surface area contributed by atoms with Gasteiger partial charge >= 0.3 is 0 Å². The molecule has 212 valence electrons. The molecule has 0 spiro atoms. The molecule has 0 heteroatoms. The first-order valence-corrected chi connectivity index (χ1v) is 13.8. The van der Waals surface area contributed by atoms with Crippen molar-refractivity contribution in [3.63, 3.8) is 0 Å². The van der Waals surface area contributed by atoms with E-state index in [0.717, 1.165) is 0 Å². The van der Waals surface area contributed by atoms with Crippen molar-refractivity contribution in [3.05, 3.63) is 169 Å². The monoisotopic (exact) mass is 608 g/mol. The Morgan fingerprint density at radius 1 is 0.283 bits per heavy atom. The Kier molecular flexibility index (Phi) is 2.18. The molecule has 0 saturated heterocycles. The summed E-state index contributed by atoms with van der Waals surface area (Å²) in [6.45, 7) is 0. The Hall–Kier alpha value is -5.98. The highest BCUT2D eigenvalue weighted by atomic mass is 14.2. The maximum atomic E-state index is 9.76. The van der Waals surface area contributed by atoms with Gasteiger partial charge in [0.2, 0.25) is 0 Å². The average molecular weight is 609 g/mol. The van der Waals surface area contributed by atoms with E-state index in [1.165, 1.54) is 0 Å². The molecule has 0 bridgehead atoms. The number of benzene rings is 10. The van der Waals surface area contributed by atoms with Crippen LogP contribution in [0.2, 0.25) is 0 Å². The molecule has 10 aromatic carbocycles. The van der Waals surface area contributed by atoms with Crippen molar-refractivity contribution in [1.29, 1.82) is 0 Å². The minimum Gasteiger partial charge on any atom is -0.0616 e. The Bertz CT molecular complexity index is 4450. The summed E-state index contributed by atoms with van der Waals surface area (Å²) in [5.74, 6) is 0. The number of fused-ring (bicyclic) bond motifs is 9. The average Bonchev–Trinajstić information content (AvgIpc) is 3.36. The van der Waals surface area contributed by atoms with Gasteiger partial charge in [0.05, 0.1) is 38.4 Å². The van der Waals surface area contributed by atoms with Crippen molar-refractivity contribution in [2.75, 3.05) is 0 Å². The van der Waals surface area contributed by atoms with E-state index in [1.807, 2.05) is 0 Å². The lowest BCUT2D eigenvalue weighted by atomic mass is 9.88. The summed E-state index contributed by atoms with van der Waals surface area (Å²) in [5.41, 5.74) is -2.98. The minimum absolute atomic E-state index is 0.513. The highest BCUT2D eigenvalue weighted by Crippen LogP contribution is 2.41. The molecule has 0 fully saturated rings. The van der Waals surface area contributed by atoms with Gasteiger partial charge in [-0.15, -0.1) is 0 Å². The van der Waals surface area contributed by atoms with Gasteiger partial charge < -0.3 is 0 Å². The second kappa shape index (κ2) is 9.76. The fourth-order valence-electron chi connectivity index (χ4n) is 5.66. The molecule has 0 aromatic heterocycles. The molecule has 0 N–H and O–H groups in total. The van der Waals surface area contributed by atoms with E-state index in [1.54, 1.807) is 0 Å². The molecule has 0 radical (unpaired) electrons. The van der Waals surface area contributed by atoms with Gasteiger partial charge in [-0.1, -0.05) is 139 Å². The largest absolute Gasteiger partial charge is 0.0636 e. The third kappa shape index (κ3) is 3.81. The summed E-state index contributed by atoms with van der Waals surface area (Å²) >= 11 is 0. The van der Waals surface area contributed by atoms with E-state index in [2.05, 4.69) is 0 Å². The summed E-state index contributed by atoms with van der Waals surface area (Å²) in [6.07, 6.45) is 0. The molecule has 0 unspecified atom stereocenters. The Morgan fingerprint density at radius 3 is 1.67 bits per heavy atom. The second-order valence-electron chi connectivity index (χ2n) is 10.2. The van der Waals surface area contributed by atoms with Crippen molar-refractivity contribution in [2.24, 2.45) is 0 Å². The van der Waals surface area contributed by atoms with Crippen molar-refractivity contribution in [1.82, 2.24) is 0 Å². The van der Waals surface area contributed by atoms with E-state index in [-0.39, 0.29) is 0 Å². The van der Waals surface area contributed by atoms with Crippen LogP contribution in [-0.4, -0.2) is 0 Å². The number of hydrogen-bond donors (Lipinski definition) is 0. The molecular weight excluding hydrogens is 553 g/mol. The Balaban J connectivity index is 1.45. The number of hydrogen-bond acceptors (Lipinski definition) is 0. The van der Waals surface area contributed by atoms with Gasteiger partial charge in [-0.05, 0) is 128 Å². The minimum atomic E-state index is -1.05. The van der Waals surface area contributed by atoms with Crippen LogP contribution in [0.4, 0.5) is 0 Å². The first kappa shape index (κ1) is 10.3. The molecule has 0 aliphatic heterocycles. The summed E-state index contributed by atoms with van der Waals surface area (Å²) in [5, 5.41) is -8.43. The van der Waals surface area contributed by atoms with Crippen LogP contribution in [0.25, 0.3) is 97.7 Å². The van der Waals surface area contributed by atoms with Crippen LogP contribution < -0.4 is 0 Å². The Labute approximate surface area is 306 Å². The molecule has 0 nitrogen and oxygen atoms in total. The summed E-state index contributed by atoms with van der Waals surface area (Å²) in [7, 11) is 0. The van der Waals surface area contributed by atoms with Crippen LogP contribution in [-0.2, 0) is 0 Å². The van der Waals surface area contributed by atoms with Crippen LogP contribution in [0.5, 0.6) is 0 Å². The highest BCUT2D eigenvalue weighted by Gasteiger charge is 2.14.